The molecule has 2 aromatic rings. The van der Waals surface area contributed by atoms with Crippen LogP contribution in [0.1, 0.15) is 22.3 Å². The Morgan fingerprint density at radius 3 is 2.55 bits per heavy atom. The van der Waals surface area contributed by atoms with Crippen molar-refractivity contribution in [1.29, 1.82) is 5.26 Å². The van der Waals surface area contributed by atoms with Gasteiger partial charge in [-0.2, -0.15) is 16.6 Å². The van der Waals surface area contributed by atoms with Gasteiger partial charge < -0.3 is 0 Å². The van der Waals surface area contributed by atoms with Crippen molar-refractivity contribution in [2.75, 3.05) is 0 Å². The van der Waals surface area contributed by atoms with Crippen LogP contribution in [0.2, 0.25) is 0 Å². The van der Waals surface area contributed by atoms with E-state index in [0.717, 1.165) is 11.1 Å². The van der Waals surface area contributed by atoms with Crippen LogP contribution < -0.4 is 4.72 Å². The maximum Gasteiger partial charge on any atom is 0.241 e. The smallest absolute Gasteiger partial charge is 0.207 e. The molecule has 1 N–H and O–H groups in total. The number of hydrogen-bond acceptors (Lipinski definition) is 4. The highest BCUT2D eigenvalue weighted by molar-refractivity contribution is 7.89. The third-order valence-electron chi connectivity index (χ3n) is 3.01. The van der Waals surface area contributed by atoms with Crippen LogP contribution in [0.4, 0.5) is 0 Å². The lowest BCUT2D eigenvalue weighted by molar-refractivity contribution is 0.580. The molecule has 1 aromatic carbocycles. The predicted octanol–water partition coefficient (Wildman–Crippen LogP) is 2.72. The molecule has 1 aromatic heterocycles. The van der Waals surface area contributed by atoms with Gasteiger partial charge >= 0.3 is 0 Å². The summed E-state index contributed by atoms with van der Waals surface area (Å²) in [7, 11) is -3.56. The molecule has 0 fully saturated rings. The number of rotatable bonds is 4. The van der Waals surface area contributed by atoms with Gasteiger partial charge in [0.2, 0.25) is 10.0 Å². The van der Waals surface area contributed by atoms with E-state index in [1.165, 1.54) is 12.1 Å². The van der Waals surface area contributed by atoms with Crippen LogP contribution in [-0.2, 0) is 16.6 Å². The van der Waals surface area contributed by atoms with Crippen LogP contribution in [0.15, 0.2) is 33.9 Å². The van der Waals surface area contributed by atoms with Gasteiger partial charge in [0.05, 0.1) is 16.5 Å². The molecule has 0 saturated carbocycles. The van der Waals surface area contributed by atoms with E-state index in [0.29, 0.717) is 11.1 Å². The molecule has 20 heavy (non-hydrogen) atoms. The Kier molecular flexibility index (Phi) is 4.23. The molecule has 6 heteroatoms. The van der Waals surface area contributed by atoms with Crippen molar-refractivity contribution in [2.24, 2.45) is 0 Å². The molecule has 0 unspecified atom stereocenters. The second kappa shape index (κ2) is 5.75. The summed E-state index contributed by atoms with van der Waals surface area (Å²) in [6.45, 7) is 3.91. The Bertz CT molecular complexity index is 771. The topological polar surface area (TPSA) is 70.0 Å². The standard InChI is InChI=1S/C14H14N2O2S2/c1-10-5-12(6-15)3-4-14(10)20(17,18)16-7-13-9-19-8-11(13)2/h3-5,8-9,16H,7H2,1-2H3. The van der Waals surface area contributed by atoms with Crippen molar-refractivity contribution in [3.63, 3.8) is 0 Å². The highest BCUT2D eigenvalue weighted by Crippen LogP contribution is 2.18. The molecule has 1 heterocycles. The lowest BCUT2D eigenvalue weighted by atomic mass is 10.2. The van der Waals surface area contributed by atoms with Crippen LogP contribution in [0, 0.1) is 25.2 Å². The third-order valence-corrected chi connectivity index (χ3v) is 5.48. The van der Waals surface area contributed by atoms with Crippen molar-refractivity contribution in [3.05, 3.63) is 51.2 Å². The first-order valence-corrected chi connectivity index (χ1v) is 8.39. The minimum atomic E-state index is -3.56. The fraction of sp³-hybridized carbons (Fsp3) is 0.214. The van der Waals surface area contributed by atoms with Crippen LogP contribution >= 0.6 is 11.3 Å². The van der Waals surface area contributed by atoms with Crippen molar-refractivity contribution >= 4 is 21.4 Å². The summed E-state index contributed by atoms with van der Waals surface area (Å²) >= 11 is 1.55. The van der Waals surface area contributed by atoms with Gasteiger partial charge in [0, 0.05) is 6.54 Å². The van der Waals surface area contributed by atoms with Gasteiger partial charge in [-0.3, -0.25) is 0 Å². The van der Waals surface area contributed by atoms with Crippen molar-refractivity contribution in [2.45, 2.75) is 25.3 Å². The summed E-state index contributed by atoms with van der Waals surface area (Å²) < 4.78 is 27.1. The molecule has 0 aliphatic heterocycles. The zero-order valence-corrected chi connectivity index (χ0v) is 12.8. The summed E-state index contributed by atoms with van der Waals surface area (Å²) in [4.78, 5) is 0.212. The fourth-order valence-corrected chi connectivity index (χ4v) is 3.93. The second-order valence-electron chi connectivity index (χ2n) is 4.50. The van der Waals surface area contributed by atoms with E-state index in [9.17, 15) is 8.42 Å². The van der Waals surface area contributed by atoms with E-state index in [1.807, 2.05) is 23.8 Å². The predicted molar refractivity (Wildman–Crippen MR) is 79.0 cm³/mol. The van der Waals surface area contributed by atoms with E-state index in [2.05, 4.69) is 4.72 Å². The molecule has 0 spiro atoms. The zero-order chi connectivity index (χ0) is 14.8. The Hall–Kier alpha value is -1.68. The summed E-state index contributed by atoms with van der Waals surface area (Å²) in [5.74, 6) is 0. The Labute approximate surface area is 122 Å². The van der Waals surface area contributed by atoms with Gasteiger partial charge in [-0.1, -0.05) is 0 Å². The number of nitrogens with zero attached hydrogens (tertiary/aromatic N) is 1. The number of benzene rings is 1. The average Bonchev–Trinajstić information content (AvgIpc) is 2.81. The molecular weight excluding hydrogens is 292 g/mol. The van der Waals surface area contributed by atoms with Crippen LogP contribution in [0.3, 0.4) is 0 Å². The first-order chi connectivity index (χ1) is 9.44. The Balaban J connectivity index is 2.23. The van der Waals surface area contributed by atoms with Crippen molar-refractivity contribution < 1.29 is 8.42 Å². The highest BCUT2D eigenvalue weighted by Gasteiger charge is 2.17. The number of hydrogen-bond donors (Lipinski definition) is 1. The number of sulfonamides is 1. The second-order valence-corrected chi connectivity index (χ2v) is 6.98. The maximum atomic E-state index is 12.3. The number of aryl methyl sites for hydroxylation is 2. The summed E-state index contributed by atoms with van der Waals surface area (Å²) in [6, 6.07) is 6.55. The SMILES string of the molecule is Cc1cscc1CNS(=O)(=O)c1ccc(C#N)cc1C. The molecule has 0 atom stereocenters. The monoisotopic (exact) mass is 306 g/mol. The summed E-state index contributed by atoms with van der Waals surface area (Å²) in [5.41, 5.74) is 3.08. The van der Waals surface area contributed by atoms with Gasteiger partial charge in [0.25, 0.3) is 0 Å². The van der Waals surface area contributed by atoms with E-state index >= 15 is 0 Å². The van der Waals surface area contributed by atoms with Crippen LogP contribution in [0.25, 0.3) is 0 Å². The molecule has 4 nitrogen and oxygen atoms in total. The number of nitrogens with one attached hydrogen (secondary N) is 1. The Morgan fingerprint density at radius 2 is 2.00 bits per heavy atom. The van der Waals surface area contributed by atoms with E-state index in [-0.39, 0.29) is 11.4 Å². The maximum absolute atomic E-state index is 12.3. The molecule has 0 aliphatic carbocycles. The molecule has 0 amide bonds. The summed E-state index contributed by atoms with van der Waals surface area (Å²) in [5, 5.41) is 12.7. The van der Waals surface area contributed by atoms with Crippen LogP contribution in [-0.4, -0.2) is 8.42 Å². The number of thiophene rings is 1. The zero-order valence-electron chi connectivity index (χ0n) is 11.2. The van der Waals surface area contributed by atoms with Gasteiger partial charge in [-0.15, -0.1) is 0 Å². The lowest BCUT2D eigenvalue weighted by Crippen LogP contribution is -2.24. The van der Waals surface area contributed by atoms with E-state index < -0.39 is 10.0 Å². The first-order valence-electron chi connectivity index (χ1n) is 5.96. The quantitative estimate of drug-likeness (QED) is 0.944. The molecule has 2 rings (SSSR count). The van der Waals surface area contributed by atoms with Gasteiger partial charge in [-0.25, -0.2) is 13.1 Å². The molecule has 104 valence electrons. The van der Waals surface area contributed by atoms with Crippen LogP contribution in [0.5, 0.6) is 0 Å². The van der Waals surface area contributed by atoms with Crippen molar-refractivity contribution in [3.8, 4) is 6.07 Å². The molecule has 0 bridgehead atoms. The van der Waals surface area contributed by atoms with Gasteiger partial charge in [-0.05, 0) is 59.5 Å². The van der Waals surface area contributed by atoms with E-state index in [1.54, 1.807) is 24.3 Å². The number of nitriles is 1. The molecule has 0 saturated heterocycles. The summed E-state index contributed by atoms with van der Waals surface area (Å²) in [6.07, 6.45) is 0. The average molecular weight is 306 g/mol. The van der Waals surface area contributed by atoms with Crippen molar-refractivity contribution in [1.82, 2.24) is 4.72 Å². The Morgan fingerprint density at radius 1 is 1.25 bits per heavy atom. The molecular formula is C14H14N2O2S2. The molecule has 0 radical (unpaired) electrons. The lowest BCUT2D eigenvalue weighted by Gasteiger charge is -2.09. The van der Waals surface area contributed by atoms with E-state index in [4.69, 9.17) is 5.26 Å². The minimum absolute atomic E-state index is 0.212. The third kappa shape index (κ3) is 3.07. The molecule has 0 aliphatic rings. The largest absolute Gasteiger partial charge is 0.241 e. The van der Waals surface area contributed by atoms with Gasteiger partial charge in [0.1, 0.15) is 0 Å². The minimum Gasteiger partial charge on any atom is -0.207 e. The fourth-order valence-electron chi connectivity index (χ4n) is 1.84. The normalized spacial score (nSPS) is 11.2. The highest BCUT2D eigenvalue weighted by atomic mass is 32.2. The van der Waals surface area contributed by atoms with Gasteiger partial charge in [0.15, 0.2) is 0 Å². The first kappa shape index (κ1) is 14.7.